The Hall–Kier alpha value is -1.06. The monoisotopic (exact) mass is 232 g/mol. The highest BCUT2D eigenvalue weighted by Gasteiger charge is 2.10. The Kier molecular flexibility index (Phi) is 11.3. The molecule has 0 aromatic carbocycles. The van der Waals surface area contributed by atoms with Gasteiger partial charge in [0.2, 0.25) is 0 Å². The van der Waals surface area contributed by atoms with Gasteiger partial charge in [-0.1, -0.05) is 27.7 Å². The molecule has 0 aliphatic carbocycles. The van der Waals surface area contributed by atoms with Crippen LogP contribution in [0.4, 0.5) is 0 Å². The largest absolute Gasteiger partial charge is 0.481 e. The summed E-state index contributed by atoms with van der Waals surface area (Å²) in [6.45, 7) is 7.56. The van der Waals surface area contributed by atoms with Crippen LogP contribution < -0.4 is 0 Å². The van der Waals surface area contributed by atoms with Crippen molar-refractivity contribution in [1.29, 1.82) is 0 Å². The second-order valence-electron chi connectivity index (χ2n) is 3.70. The van der Waals surface area contributed by atoms with Crippen molar-refractivity contribution >= 4 is 11.9 Å². The Morgan fingerprint density at radius 3 is 0.938 bits per heavy atom. The van der Waals surface area contributed by atoms with Gasteiger partial charge >= 0.3 is 11.9 Å². The summed E-state index contributed by atoms with van der Waals surface area (Å²) in [5.41, 5.74) is 0. The second kappa shape index (κ2) is 10.5. The fraction of sp³-hybridized carbons (Fsp3) is 0.833. The number of aliphatic carboxylic acids is 2. The van der Waals surface area contributed by atoms with Gasteiger partial charge in [0.15, 0.2) is 0 Å². The predicted octanol–water partition coefficient (Wildman–Crippen LogP) is 3.01. The van der Waals surface area contributed by atoms with Gasteiger partial charge in [-0.3, -0.25) is 9.59 Å². The maximum Gasteiger partial charge on any atom is 0.306 e. The van der Waals surface area contributed by atoms with E-state index in [1.807, 2.05) is 27.7 Å². The molecule has 0 saturated carbocycles. The summed E-state index contributed by atoms with van der Waals surface area (Å²) in [7, 11) is 0. The quantitative estimate of drug-likeness (QED) is 0.738. The molecule has 0 fully saturated rings. The molecule has 0 rings (SSSR count). The number of carboxylic acids is 2. The molecular weight excluding hydrogens is 208 g/mol. The van der Waals surface area contributed by atoms with Gasteiger partial charge < -0.3 is 10.2 Å². The zero-order valence-corrected chi connectivity index (χ0v) is 10.7. The van der Waals surface area contributed by atoms with E-state index in [2.05, 4.69) is 0 Å². The molecule has 0 heterocycles. The minimum Gasteiger partial charge on any atom is -0.481 e. The van der Waals surface area contributed by atoms with Crippen molar-refractivity contribution in [3.05, 3.63) is 0 Å². The molecule has 0 atom stereocenters. The Bertz CT molecular complexity index is 171. The van der Waals surface area contributed by atoms with Crippen molar-refractivity contribution in [2.75, 3.05) is 0 Å². The number of carbonyl (C=O) groups is 2. The maximum atomic E-state index is 10.2. The summed E-state index contributed by atoms with van der Waals surface area (Å²) in [4.78, 5) is 20.3. The third-order valence-corrected chi connectivity index (χ3v) is 2.67. The topological polar surface area (TPSA) is 74.6 Å². The zero-order chi connectivity index (χ0) is 13.1. The SMILES string of the molecule is CCC(CC)C(=O)O.CCC(CC)C(=O)O. The molecule has 0 saturated heterocycles. The molecule has 4 heteroatoms. The lowest BCUT2D eigenvalue weighted by Crippen LogP contribution is -2.10. The Labute approximate surface area is 97.7 Å². The van der Waals surface area contributed by atoms with Crippen LogP contribution >= 0.6 is 0 Å². The van der Waals surface area contributed by atoms with Crippen LogP contribution in [-0.4, -0.2) is 22.2 Å². The van der Waals surface area contributed by atoms with Crippen LogP contribution in [0.25, 0.3) is 0 Å². The van der Waals surface area contributed by atoms with Crippen LogP contribution in [0.15, 0.2) is 0 Å². The van der Waals surface area contributed by atoms with E-state index in [1.54, 1.807) is 0 Å². The first kappa shape index (κ1) is 17.3. The normalized spacial score (nSPS) is 9.88. The minimum absolute atomic E-state index is 0.130. The highest BCUT2D eigenvalue weighted by molar-refractivity contribution is 5.70. The molecule has 2 N–H and O–H groups in total. The van der Waals surface area contributed by atoms with E-state index in [9.17, 15) is 9.59 Å². The van der Waals surface area contributed by atoms with E-state index in [0.717, 1.165) is 25.7 Å². The smallest absolute Gasteiger partial charge is 0.306 e. The molecule has 0 spiro atoms. The van der Waals surface area contributed by atoms with E-state index in [0.29, 0.717) is 0 Å². The van der Waals surface area contributed by atoms with E-state index < -0.39 is 11.9 Å². The number of rotatable bonds is 6. The fourth-order valence-electron chi connectivity index (χ4n) is 1.28. The summed E-state index contributed by atoms with van der Waals surface area (Å²) in [5.74, 6) is -1.60. The minimum atomic E-state index is -0.671. The molecule has 0 aliphatic rings. The molecular formula is C12H24O4. The van der Waals surface area contributed by atoms with E-state index in [-0.39, 0.29) is 11.8 Å². The van der Waals surface area contributed by atoms with Crippen molar-refractivity contribution in [1.82, 2.24) is 0 Å². The van der Waals surface area contributed by atoms with Crippen LogP contribution in [-0.2, 0) is 9.59 Å². The predicted molar refractivity (Wildman–Crippen MR) is 63.4 cm³/mol. The van der Waals surface area contributed by atoms with Crippen molar-refractivity contribution in [3.8, 4) is 0 Å². The van der Waals surface area contributed by atoms with Crippen molar-refractivity contribution < 1.29 is 19.8 Å². The fourth-order valence-corrected chi connectivity index (χ4v) is 1.28. The van der Waals surface area contributed by atoms with Crippen LogP contribution in [0.2, 0.25) is 0 Å². The number of carboxylic acid groups (broad SMARTS) is 2. The van der Waals surface area contributed by atoms with Gasteiger partial charge in [0.25, 0.3) is 0 Å². The summed E-state index contributed by atoms with van der Waals surface area (Å²) in [5, 5.41) is 16.7. The number of hydrogen-bond donors (Lipinski definition) is 2. The molecule has 0 aliphatic heterocycles. The van der Waals surface area contributed by atoms with Gasteiger partial charge in [-0.15, -0.1) is 0 Å². The Morgan fingerprint density at radius 2 is 0.938 bits per heavy atom. The Balaban J connectivity index is 0. The van der Waals surface area contributed by atoms with Gasteiger partial charge in [-0.2, -0.15) is 0 Å². The summed E-state index contributed by atoms with van der Waals surface area (Å²) in [6, 6.07) is 0. The highest BCUT2D eigenvalue weighted by Crippen LogP contribution is 2.06. The van der Waals surface area contributed by atoms with Crippen LogP contribution in [0.5, 0.6) is 0 Å². The number of hydrogen-bond acceptors (Lipinski definition) is 2. The lowest BCUT2D eigenvalue weighted by Gasteiger charge is -2.02. The second-order valence-corrected chi connectivity index (χ2v) is 3.70. The molecule has 0 unspecified atom stereocenters. The van der Waals surface area contributed by atoms with Crippen LogP contribution in [0, 0.1) is 11.8 Å². The first-order valence-corrected chi connectivity index (χ1v) is 5.89. The van der Waals surface area contributed by atoms with E-state index >= 15 is 0 Å². The third-order valence-electron chi connectivity index (χ3n) is 2.67. The summed E-state index contributed by atoms with van der Waals surface area (Å²) < 4.78 is 0. The molecule has 0 radical (unpaired) electrons. The molecule has 0 amide bonds. The Morgan fingerprint density at radius 1 is 0.750 bits per heavy atom. The van der Waals surface area contributed by atoms with Gasteiger partial charge in [-0.05, 0) is 25.7 Å². The summed E-state index contributed by atoms with van der Waals surface area (Å²) >= 11 is 0. The van der Waals surface area contributed by atoms with Gasteiger partial charge in [0.1, 0.15) is 0 Å². The molecule has 4 nitrogen and oxygen atoms in total. The van der Waals surface area contributed by atoms with E-state index in [4.69, 9.17) is 10.2 Å². The average molecular weight is 232 g/mol. The molecule has 16 heavy (non-hydrogen) atoms. The van der Waals surface area contributed by atoms with Gasteiger partial charge in [0.05, 0.1) is 11.8 Å². The molecule has 0 bridgehead atoms. The third kappa shape index (κ3) is 8.26. The first-order chi connectivity index (χ1) is 7.44. The maximum absolute atomic E-state index is 10.2. The summed E-state index contributed by atoms with van der Waals surface area (Å²) in [6.07, 6.45) is 2.97. The lowest BCUT2D eigenvalue weighted by molar-refractivity contribution is -0.142. The van der Waals surface area contributed by atoms with Crippen LogP contribution in [0.3, 0.4) is 0 Å². The standard InChI is InChI=1S/2C6H12O2/c2*1-3-5(4-2)6(7)8/h2*5H,3-4H2,1-2H3,(H,7,8). The van der Waals surface area contributed by atoms with Gasteiger partial charge in [0, 0.05) is 0 Å². The van der Waals surface area contributed by atoms with Crippen molar-refractivity contribution in [2.45, 2.75) is 53.4 Å². The molecule has 0 aromatic rings. The molecule has 96 valence electrons. The molecule has 0 aromatic heterocycles. The van der Waals surface area contributed by atoms with Crippen molar-refractivity contribution in [3.63, 3.8) is 0 Å². The zero-order valence-electron chi connectivity index (χ0n) is 10.7. The average Bonchev–Trinajstić information content (AvgIpc) is 2.21. The van der Waals surface area contributed by atoms with Gasteiger partial charge in [-0.25, -0.2) is 0 Å². The van der Waals surface area contributed by atoms with E-state index in [1.165, 1.54) is 0 Å². The van der Waals surface area contributed by atoms with Crippen molar-refractivity contribution in [2.24, 2.45) is 11.8 Å². The van der Waals surface area contributed by atoms with Crippen LogP contribution in [0.1, 0.15) is 53.4 Å². The first-order valence-electron chi connectivity index (χ1n) is 5.89. The lowest BCUT2D eigenvalue weighted by atomic mass is 10.1. The highest BCUT2D eigenvalue weighted by atomic mass is 16.4.